The molecule has 0 bridgehead atoms. The first-order chi connectivity index (χ1) is 14.1. The summed E-state index contributed by atoms with van der Waals surface area (Å²) in [5.41, 5.74) is 5.66. The van der Waals surface area contributed by atoms with Gasteiger partial charge in [0.1, 0.15) is 0 Å². The third-order valence-electron chi connectivity index (χ3n) is 7.51. The molecule has 0 spiro atoms. The second-order valence-corrected chi connectivity index (χ2v) is 9.29. The molecule has 2 aromatic carbocycles. The van der Waals surface area contributed by atoms with Crippen molar-refractivity contribution in [2.24, 2.45) is 5.41 Å². The van der Waals surface area contributed by atoms with Crippen LogP contribution >= 0.6 is 0 Å². The molecule has 3 nitrogen and oxygen atoms in total. The molecular weight excluding hydrogens is 356 g/mol. The molecule has 0 amide bonds. The quantitative estimate of drug-likeness (QED) is 0.806. The minimum absolute atomic E-state index is 0.0667. The zero-order valence-electron chi connectivity index (χ0n) is 18.1. The Morgan fingerprint density at radius 3 is 2.24 bits per heavy atom. The SMILES string of the molecule is Cc1cccc(N2CCC(N3CCC(CO)(Cc4ccccc4)CC3)CC2)c1C. The lowest BCUT2D eigenvalue weighted by Gasteiger charge is -2.46. The van der Waals surface area contributed by atoms with Crippen LogP contribution < -0.4 is 4.90 Å². The molecule has 2 aromatic rings. The van der Waals surface area contributed by atoms with Gasteiger partial charge in [-0.25, -0.2) is 0 Å². The number of aliphatic hydroxyl groups excluding tert-OH is 1. The van der Waals surface area contributed by atoms with Crippen LogP contribution in [0.15, 0.2) is 48.5 Å². The van der Waals surface area contributed by atoms with Crippen molar-refractivity contribution in [3.05, 3.63) is 65.2 Å². The van der Waals surface area contributed by atoms with E-state index in [1.165, 1.54) is 35.2 Å². The average Bonchev–Trinajstić information content (AvgIpc) is 2.77. The molecule has 3 heteroatoms. The molecule has 2 aliphatic heterocycles. The van der Waals surface area contributed by atoms with Crippen LogP contribution in [0.25, 0.3) is 0 Å². The van der Waals surface area contributed by atoms with Crippen LogP contribution in [-0.2, 0) is 6.42 Å². The molecule has 2 heterocycles. The molecule has 29 heavy (non-hydrogen) atoms. The van der Waals surface area contributed by atoms with Gasteiger partial charge in [-0.3, -0.25) is 0 Å². The Kier molecular flexibility index (Phi) is 6.26. The van der Waals surface area contributed by atoms with E-state index < -0.39 is 0 Å². The van der Waals surface area contributed by atoms with E-state index >= 15 is 0 Å². The monoisotopic (exact) mass is 392 g/mol. The molecule has 2 aliphatic rings. The summed E-state index contributed by atoms with van der Waals surface area (Å²) in [6, 6.07) is 18.1. The Labute approximate surface area is 176 Å². The third-order valence-corrected chi connectivity index (χ3v) is 7.51. The van der Waals surface area contributed by atoms with Gasteiger partial charge in [0, 0.05) is 31.4 Å². The lowest BCUT2D eigenvalue weighted by atomic mass is 9.74. The normalized spacial score (nSPS) is 20.7. The van der Waals surface area contributed by atoms with Crippen LogP contribution in [0.2, 0.25) is 0 Å². The van der Waals surface area contributed by atoms with Crippen molar-refractivity contribution < 1.29 is 5.11 Å². The minimum Gasteiger partial charge on any atom is -0.396 e. The van der Waals surface area contributed by atoms with E-state index in [2.05, 4.69) is 72.2 Å². The Hall–Kier alpha value is -1.84. The van der Waals surface area contributed by atoms with Crippen LogP contribution in [0.1, 0.15) is 42.4 Å². The van der Waals surface area contributed by atoms with Crippen molar-refractivity contribution in [3.8, 4) is 0 Å². The molecule has 2 fully saturated rings. The number of rotatable bonds is 5. The van der Waals surface area contributed by atoms with Gasteiger partial charge in [0.2, 0.25) is 0 Å². The summed E-state index contributed by atoms with van der Waals surface area (Å²) < 4.78 is 0. The second kappa shape index (κ2) is 8.89. The number of piperidine rings is 2. The molecule has 0 radical (unpaired) electrons. The summed E-state index contributed by atoms with van der Waals surface area (Å²) in [5.74, 6) is 0. The number of hydrogen-bond acceptors (Lipinski definition) is 3. The zero-order chi connectivity index (χ0) is 20.3. The van der Waals surface area contributed by atoms with Gasteiger partial charge in [0.05, 0.1) is 0 Å². The van der Waals surface area contributed by atoms with Crippen molar-refractivity contribution in [1.29, 1.82) is 0 Å². The number of nitrogens with zero attached hydrogens (tertiary/aromatic N) is 2. The van der Waals surface area contributed by atoms with Crippen LogP contribution in [0.5, 0.6) is 0 Å². The summed E-state index contributed by atoms with van der Waals surface area (Å²) in [4.78, 5) is 5.29. The van der Waals surface area contributed by atoms with E-state index in [1.807, 2.05) is 0 Å². The molecule has 0 aliphatic carbocycles. The first-order valence-electron chi connectivity index (χ1n) is 11.3. The van der Waals surface area contributed by atoms with Crippen LogP contribution in [0, 0.1) is 19.3 Å². The lowest BCUT2D eigenvalue weighted by Crippen LogP contribution is -2.51. The minimum atomic E-state index is 0.0667. The Balaban J connectivity index is 1.32. The van der Waals surface area contributed by atoms with E-state index in [-0.39, 0.29) is 5.41 Å². The molecular formula is C26H36N2O. The predicted octanol–water partition coefficient (Wildman–Crippen LogP) is 4.59. The van der Waals surface area contributed by atoms with Gasteiger partial charge in [-0.2, -0.15) is 0 Å². The Morgan fingerprint density at radius 2 is 1.59 bits per heavy atom. The number of anilines is 1. The van der Waals surface area contributed by atoms with Crippen molar-refractivity contribution in [3.63, 3.8) is 0 Å². The highest BCUT2D eigenvalue weighted by molar-refractivity contribution is 5.56. The van der Waals surface area contributed by atoms with Gasteiger partial charge >= 0.3 is 0 Å². The highest BCUT2D eigenvalue weighted by Gasteiger charge is 2.37. The molecule has 0 unspecified atom stereocenters. The smallest absolute Gasteiger partial charge is 0.0491 e. The highest BCUT2D eigenvalue weighted by Crippen LogP contribution is 2.37. The summed E-state index contributed by atoms with van der Waals surface area (Å²) in [5, 5.41) is 10.2. The maximum Gasteiger partial charge on any atom is 0.0491 e. The van der Waals surface area contributed by atoms with Crippen molar-refractivity contribution in [1.82, 2.24) is 4.90 Å². The zero-order valence-corrected chi connectivity index (χ0v) is 18.1. The third kappa shape index (κ3) is 4.51. The first kappa shape index (κ1) is 20.4. The fraction of sp³-hybridized carbons (Fsp3) is 0.538. The molecule has 0 saturated carbocycles. The van der Waals surface area contributed by atoms with Gasteiger partial charge < -0.3 is 14.9 Å². The number of benzene rings is 2. The molecule has 1 N–H and O–H groups in total. The number of aryl methyl sites for hydroxylation is 1. The number of aliphatic hydroxyl groups is 1. The van der Waals surface area contributed by atoms with Gasteiger partial charge in [-0.05, 0) is 87.2 Å². The van der Waals surface area contributed by atoms with Crippen LogP contribution in [0.3, 0.4) is 0 Å². The second-order valence-electron chi connectivity index (χ2n) is 9.29. The number of likely N-dealkylation sites (tertiary alicyclic amines) is 1. The van der Waals surface area contributed by atoms with E-state index in [1.54, 1.807) is 0 Å². The van der Waals surface area contributed by atoms with E-state index in [0.717, 1.165) is 45.4 Å². The maximum atomic E-state index is 10.2. The van der Waals surface area contributed by atoms with E-state index in [0.29, 0.717) is 12.6 Å². The molecule has 4 rings (SSSR count). The fourth-order valence-corrected chi connectivity index (χ4v) is 5.33. The van der Waals surface area contributed by atoms with Gasteiger partial charge in [-0.1, -0.05) is 42.5 Å². The van der Waals surface area contributed by atoms with Gasteiger partial charge in [0.25, 0.3) is 0 Å². The van der Waals surface area contributed by atoms with Crippen molar-refractivity contribution in [2.75, 3.05) is 37.7 Å². The summed E-state index contributed by atoms with van der Waals surface area (Å²) in [6.07, 6.45) is 5.71. The fourth-order valence-electron chi connectivity index (χ4n) is 5.33. The molecule has 0 atom stereocenters. The van der Waals surface area contributed by atoms with Crippen molar-refractivity contribution in [2.45, 2.75) is 52.0 Å². The topological polar surface area (TPSA) is 26.7 Å². The van der Waals surface area contributed by atoms with Crippen LogP contribution in [0.4, 0.5) is 5.69 Å². The maximum absolute atomic E-state index is 10.2. The van der Waals surface area contributed by atoms with Gasteiger partial charge in [-0.15, -0.1) is 0 Å². The summed E-state index contributed by atoms with van der Waals surface area (Å²) in [6.45, 7) is 9.33. The van der Waals surface area contributed by atoms with Gasteiger partial charge in [0.15, 0.2) is 0 Å². The first-order valence-corrected chi connectivity index (χ1v) is 11.3. The molecule has 156 valence electrons. The number of hydrogen-bond donors (Lipinski definition) is 1. The standard InChI is InChI=1S/C26H36N2O/c1-21-7-6-10-25(22(21)2)28-15-11-24(12-16-28)27-17-13-26(20-29,14-18-27)19-23-8-4-3-5-9-23/h3-10,24,29H,11-20H2,1-2H3. The van der Waals surface area contributed by atoms with E-state index in [4.69, 9.17) is 0 Å². The van der Waals surface area contributed by atoms with Crippen LogP contribution in [-0.4, -0.2) is 48.8 Å². The predicted molar refractivity (Wildman–Crippen MR) is 122 cm³/mol. The molecule has 2 saturated heterocycles. The van der Waals surface area contributed by atoms with E-state index in [9.17, 15) is 5.11 Å². The highest BCUT2D eigenvalue weighted by atomic mass is 16.3. The summed E-state index contributed by atoms with van der Waals surface area (Å²) in [7, 11) is 0. The summed E-state index contributed by atoms with van der Waals surface area (Å²) >= 11 is 0. The Morgan fingerprint density at radius 1 is 0.897 bits per heavy atom. The lowest BCUT2D eigenvalue weighted by molar-refractivity contribution is 0.0226. The largest absolute Gasteiger partial charge is 0.396 e. The molecule has 0 aromatic heterocycles. The average molecular weight is 393 g/mol. The Bertz CT molecular complexity index is 788. The van der Waals surface area contributed by atoms with Crippen molar-refractivity contribution >= 4 is 5.69 Å².